The zero-order valence-corrected chi connectivity index (χ0v) is 11.2. The molecule has 3 rings (SSSR count). The lowest BCUT2D eigenvalue weighted by Crippen LogP contribution is -2.41. The Morgan fingerprint density at radius 2 is 2.21 bits per heavy atom. The molecule has 5 nitrogen and oxygen atoms in total. The summed E-state index contributed by atoms with van der Waals surface area (Å²) < 4.78 is 0. The maximum atomic E-state index is 12.4. The number of hydrogen-bond donors (Lipinski definition) is 1. The highest BCUT2D eigenvalue weighted by Crippen LogP contribution is 2.30. The Kier molecular flexibility index (Phi) is 3.20. The molecule has 2 heterocycles. The topological polar surface area (TPSA) is 66.6 Å². The Labute approximate surface area is 115 Å². The number of nitrogens with two attached hydrogens (primary N) is 1. The minimum Gasteiger partial charge on any atom is -0.326 e. The standard InChI is InChI=1S/C13H15N3O2S/c14-7-9-2-1-3-10(6-9)16-12(17)11-8-19-5-4-15(11)13(16)18/h1-3,6,11H,4-5,7-8,14H2. The maximum absolute atomic E-state index is 12.4. The van der Waals surface area contributed by atoms with Gasteiger partial charge in [0.05, 0.1) is 5.69 Å². The van der Waals surface area contributed by atoms with Crippen LogP contribution < -0.4 is 10.6 Å². The number of nitrogens with zero attached hydrogens (tertiary/aromatic N) is 2. The van der Waals surface area contributed by atoms with Gasteiger partial charge in [-0.1, -0.05) is 12.1 Å². The van der Waals surface area contributed by atoms with Crippen molar-refractivity contribution in [2.45, 2.75) is 12.6 Å². The molecule has 0 saturated carbocycles. The van der Waals surface area contributed by atoms with Crippen LogP contribution in [-0.4, -0.2) is 40.9 Å². The molecule has 0 aromatic heterocycles. The summed E-state index contributed by atoms with van der Waals surface area (Å²) in [6, 6.07) is 6.79. The Morgan fingerprint density at radius 3 is 2.95 bits per heavy atom. The molecule has 2 N–H and O–H groups in total. The highest BCUT2D eigenvalue weighted by Gasteiger charge is 2.46. The SMILES string of the molecule is NCc1cccc(N2C(=O)C3CSCCN3C2=O)c1. The number of rotatable bonds is 2. The quantitative estimate of drug-likeness (QED) is 0.820. The Morgan fingerprint density at radius 1 is 1.37 bits per heavy atom. The van der Waals surface area contributed by atoms with Gasteiger partial charge in [0.25, 0.3) is 5.91 Å². The third-order valence-corrected chi connectivity index (χ3v) is 4.50. The van der Waals surface area contributed by atoms with Crippen LogP contribution in [0.3, 0.4) is 0 Å². The molecule has 3 amide bonds. The van der Waals surface area contributed by atoms with Crippen LogP contribution in [0, 0.1) is 0 Å². The number of fused-ring (bicyclic) bond motifs is 1. The van der Waals surface area contributed by atoms with Gasteiger partial charge in [-0.15, -0.1) is 0 Å². The van der Waals surface area contributed by atoms with E-state index in [1.165, 1.54) is 4.90 Å². The molecule has 1 unspecified atom stereocenters. The first-order valence-electron chi connectivity index (χ1n) is 6.23. The lowest BCUT2D eigenvalue weighted by atomic mass is 10.2. The van der Waals surface area contributed by atoms with E-state index in [1.54, 1.807) is 28.8 Å². The van der Waals surface area contributed by atoms with E-state index in [0.717, 1.165) is 11.3 Å². The Balaban J connectivity index is 1.95. The zero-order chi connectivity index (χ0) is 13.4. The van der Waals surface area contributed by atoms with Gasteiger partial charge in [0, 0.05) is 24.6 Å². The van der Waals surface area contributed by atoms with E-state index < -0.39 is 0 Å². The summed E-state index contributed by atoms with van der Waals surface area (Å²) in [4.78, 5) is 27.7. The lowest BCUT2D eigenvalue weighted by molar-refractivity contribution is -0.119. The van der Waals surface area contributed by atoms with Gasteiger partial charge in [-0.25, -0.2) is 9.69 Å². The van der Waals surface area contributed by atoms with E-state index in [9.17, 15) is 9.59 Å². The molecule has 2 aliphatic heterocycles. The van der Waals surface area contributed by atoms with Crippen LogP contribution >= 0.6 is 11.8 Å². The second kappa shape index (κ2) is 4.86. The van der Waals surface area contributed by atoms with Gasteiger partial charge in [0.2, 0.25) is 0 Å². The van der Waals surface area contributed by atoms with Gasteiger partial charge >= 0.3 is 6.03 Å². The van der Waals surface area contributed by atoms with Gasteiger partial charge in [0.1, 0.15) is 6.04 Å². The van der Waals surface area contributed by atoms with E-state index in [4.69, 9.17) is 5.73 Å². The molecular weight excluding hydrogens is 262 g/mol. The third-order valence-electron chi connectivity index (χ3n) is 3.48. The van der Waals surface area contributed by atoms with Crippen LogP contribution in [-0.2, 0) is 11.3 Å². The number of anilines is 1. The summed E-state index contributed by atoms with van der Waals surface area (Å²) in [7, 11) is 0. The predicted octanol–water partition coefficient (Wildman–Crippen LogP) is 1.03. The fraction of sp³-hybridized carbons (Fsp3) is 0.385. The average molecular weight is 277 g/mol. The van der Waals surface area contributed by atoms with Crippen molar-refractivity contribution in [2.75, 3.05) is 23.0 Å². The molecule has 2 fully saturated rings. The monoisotopic (exact) mass is 277 g/mol. The molecule has 0 aliphatic carbocycles. The molecule has 0 bridgehead atoms. The fourth-order valence-corrected chi connectivity index (χ4v) is 3.51. The van der Waals surface area contributed by atoms with E-state index in [-0.39, 0.29) is 18.0 Å². The van der Waals surface area contributed by atoms with Gasteiger partial charge in [-0.05, 0) is 17.7 Å². The van der Waals surface area contributed by atoms with Crippen molar-refractivity contribution in [2.24, 2.45) is 5.73 Å². The molecule has 0 spiro atoms. The van der Waals surface area contributed by atoms with Crippen molar-refractivity contribution in [3.8, 4) is 0 Å². The molecule has 1 aromatic carbocycles. The van der Waals surface area contributed by atoms with Crippen LogP contribution in [0.15, 0.2) is 24.3 Å². The molecule has 0 radical (unpaired) electrons. The summed E-state index contributed by atoms with van der Waals surface area (Å²) in [6.45, 7) is 1.04. The summed E-state index contributed by atoms with van der Waals surface area (Å²) in [5.41, 5.74) is 7.14. The number of benzene rings is 1. The number of urea groups is 1. The summed E-state index contributed by atoms with van der Waals surface area (Å²) in [5, 5.41) is 0. The normalized spacial score (nSPS) is 22.9. The van der Waals surface area contributed by atoms with Crippen LogP contribution in [0.25, 0.3) is 0 Å². The first kappa shape index (κ1) is 12.5. The lowest BCUT2D eigenvalue weighted by Gasteiger charge is -2.25. The zero-order valence-electron chi connectivity index (χ0n) is 10.4. The third kappa shape index (κ3) is 2.01. The number of hydrogen-bond acceptors (Lipinski definition) is 4. The number of carbonyl (C=O) groups excluding carboxylic acids is 2. The van der Waals surface area contributed by atoms with E-state index in [1.807, 2.05) is 12.1 Å². The molecule has 6 heteroatoms. The first-order chi connectivity index (χ1) is 9.22. The molecule has 2 aliphatic rings. The average Bonchev–Trinajstić information content (AvgIpc) is 2.72. The largest absolute Gasteiger partial charge is 0.332 e. The highest BCUT2D eigenvalue weighted by molar-refractivity contribution is 7.99. The molecule has 1 aromatic rings. The number of thioether (sulfide) groups is 1. The van der Waals surface area contributed by atoms with Gasteiger partial charge in [0.15, 0.2) is 0 Å². The minimum atomic E-state index is -0.298. The van der Waals surface area contributed by atoms with E-state index >= 15 is 0 Å². The molecule has 19 heavy (non-hydrogen) atoms. The first-order valence-corrected chi connectivity index (χ1v) is 7.39. The molecular formula is C13H15N3O2S. The van der Waals surface area contributed by atoms with Gasteiger partial charge in [-0.2, -0.15) is 11.8 Å². The summed E-state index contributed by atoms with van der Waals surface area (Å²) >= 11 is 1.72. The van der Waals surface area contributed by atoms with E-state index in [0.29, 0.717) is 24.5 Å². The van der Waals surface area contributed by atoms with Crippen molar-refractivity contribution in [1.82, 2.24) is 4.90 Å². The smallest absolute Gasteiger partial charge is 0.326 e. The predicted molar refractivity (Wildman–Crippen MR) is 75.0 cm³/mol. The molecule has 1 atom stereocenters. The van der Waals surface area contributed by atoms with E-state index in [2.05, 4.69) is 0 Å². The maximum Gasteiger partial charge on any atom is 0.332 e. The Hall–Kier alpha value is -1.53. The van der Waals surface area contributed by atoms with Crippen molar-refractivity contribution >= 4 is 29.4 Å². The minimum absolute atomic E-state index is 0.119. The van der Waals surface area contributed by atoms with Crippen LogP contribution in [0.4, 0.5) is 10.5 Å². The molecule has 2 saturated heterocycles. The van der Waals surface area contributed by atoms with Crippen LogP contribution in [0.5, 0.6) is 0 Å². The summed E-state index contributed by atoms with van der Waals surface area (Å²) in [5.74, 6) is 1.47. The second-order valence-electron chi connectivity index (χ2n) is 4.61. The second-order valence-corrected chi connectivity index (χ2v) is 5.76. The van der Waals surface area contributed by atoms with Crippen molar-refractivity contribution in [1.29, 1.82) is 0 Å². The fourth-order valence-electron chi connectivity index (χ4n) is 2.47. The summed E-state index contributed by atoms with van der Waals surface area (Å²) in [6.07, 6.45) is 0. The van der Waals surface area contributed by atoms with Crippen molar-refractivity contribution in [3.63, 3.8) is 0 Å². The van der Waals surface area contributed by atoms with Crippen LogP contribution in [0.2, 0.25) is 0 Å². The number of amides is 3. The molecule has 100 valence electrons. The number of imide groups is 1. The van der Waals surface area contributed by atoms with Crippen molar-refractivity contribution < 1.29 is 9.59 Å². The Bertz CT molecular complexity index is 510. The van der Waals surface area contributed by atoms with Gasteiger partial charge < -0.3 is 10.6 Å². The van der Waals surface area contributed by atoms with Gasteiger partial charge in [-0.3, -0.25) is 4.79 Å². The number of carbonyl (C=O) groups is 2. The van der Waals surface area contributed by atoms with Crippen molar-refractivity contribution in [3.05, 3.63) is 29.8 Å². The van der Waals surface area contributed by atoms with Crippen LogP contribution in [0.1, 0.15) is 5.56 Å². The highest BCUT2D eigenvalue weighted by atomic mass is 32.2.